The molecule has 2 atom stereocenters. The van der Waals surface area contributed by atoms with E-state index in [0.29, 0.717) is 0 Å². The van der Waals surface area contributed by atoms with Crippen LogP contribution in [0.15, 0.2) is 48.9 Å². The molecule has 2 aliphatic heterocycles. The van der Waals surface area contributed by atoms with E-state index in [9.17, 15) is 0 Å². The molecule has 4 rings (SSSR count). The number of likely N-dealkylation sites (tertiary alicyclic amines) is 1. The van der Waals surface area contributed by atoms with Crippen LogP contribution in [0.1, 0.15) is 24.8 Å². The maximum atomic E-state index is 4.48. The van der Waals surface area contributed by atoms with E-state index in [1.165, 1.54) is 31.4 Å². The normalized spacial score (nSPS) is 25.1. The van der Waals surface area contributed by atoms with Crippen molar-refractivity contribution >= 4 is 5.82 Å². The molecule has 3 heterocycles. The first-order chi connectivity index (χ1) is 11.4. The summed E-state index contributed by atoms with van der Waals surface area (Å²) in [6.07, 6.45) is 9.32. The lowest BCUT2D eigenvalue weighted by Crippen LogP contribution is -2.53. The molecular formula is C19H24N4. The van der Waals surface area contributed by atoms with E-state index in [2.05, 4.69) is 50.1 Å². The molecule has 0 spiro atoms. The Labute approximate surface area is 138 Å². The summed E-state index contributed by atoms with van der Waals surface area (Å²) >= 11 is 0. The van der Waals surface area contributed by atoms with Gasteiger partial charge in [-0.2, -0.15) is 0 Å². The van der Waals surface area contributed by atoms with Gasteiger partial charge < -0.3 is 4.90 Å². The van der Waals surface area contributed by atoms with Gasteiger partial charge in [0.2, 0.25) is 0 Å². The summed E-state index contributed by atoms with van der Waals surface area (Å²) < 4.78 is 0. The molecule has 2 fully saturated rings. The standard InChI is InChI=1S/C19H24N4/c1-2-5-16(6-3-1)14-22-11-4-7-17-15-23(12-8-18(17)22)19-13-20-9-10-21-19/h1-3,5-6,9-10,13,17-18H,4,7-8,11-12,14-15H2/t17-,18-/m0/s1. The number of rotatable bonds is 3. The second-order valence-corrected chi connectivity index (χ2v) is 6.72. The second kappa shape index (κ2) is 6.67. The topological polar surface area (TPSA) is 32.3 Å². The van der Waals surface area contributed by atoms with Crippen LogP contribution < -0.4 is 4.90 Å². The molecule has 0 bridgehead atoms. The largest absolute Gasteiger partial charge is 0.355 e. The summed E-state index contributed by atoms with van der Waals surface area (Å²) in [5.74, 6) is 1.79. The van der Waals surface area contributed by atoms with Gasteiger partial charge in [0.05, 0.1) is 6.20 Å². The smallest absolute Gasteiger partial charge is 0.147 e. The average Bonchev–Trinajstić information content (AvgIpc) is 2.63. The van der Waals surface area contributed by atoms with E-state index >= 15 is 0 Å². The van der Waals surface area contributed by atoms with Crippen LogP contribution in [0.4, 0.5) is 5.82 Å². The Balaban J connectivity index is 1.44. The Hall–Kier alpha value is -1.94. The third-order valence-electron chi connectivity index (χ3n) is 5.29. The minimum atomic E-state index is 0.719. The van der Waals surface area contributed by atoms with Gasteiger partial charge >= 0.3 is 0 Å². The fraction of sp³-hybridized carbons (Fsp3) is 0.474. The van der Waals surface area contributed by atoms with Gasteiger partial charge in [0, 0.05) is 38.1 Å². The Bertz CT molecular complexity index is 616. The minimum Gasteiger partial charge on any atom is -0.355 e. The van der Waals surface area contributed by atoms with Crippen molar-refractivity contribution in [3.63, 3.8) is 0 Å². The number of hydrogen-bond donors (Lipinski definition) is 0. The highest BCUT2D eigenvalue weighted by molar-refractivity contribution is 5.36. The van der Waals surface area contributed by atoms with Crippen LogP contribution in [0.5, 0.6) is 0 Å². The zero-order valence-corrected chi connectivity index (χ0v) is 13.5. The highest BCUT2D eigenvalue weighted by atomic mass is 15.2. The summed E-state index contributed by atoms with van der Waals surface area (Å²) in [5.41, 5.74) is 1.43. The predicted molar refractivity (Wildman–Crippen MR) is 92.2 cm³/mol. The van der Waals surface area contributed by atoms with Crippen molar-refractivity contribution in [2.75, 3.05) is 24.5 Å². The zero-order valence-electron chi connectivity index (χ0n) is 13.5. The van der Waals surface area contributed by atoms with Crippen LogP contribution in [0.2, 0.25) is 0 Å². The van der Waals surface area contributed by atoms with Crippen molar-refractivity contribution < 1.29 is 0 Å². The molecule has 0 radical (unpaired) electrons. The number of hydrogen-bond acceptors (Lipinski definition) is 4. The highest BCUT2D eigenvalue weighted by Gasteiger charge is 2.36. The maximum Gasteiger partial charge on any atom is 0.147 e. The molecule has 23 heavy (non-hydrogen) atoms. The lowest BCUT2D eigenvalue weighted by Gasteiger charge is -2.47. The Morgan fingerprint density at radius 2 is 1.96 bits per heavy atom. The molecule has 0 aliphatic carbocycles. The number of fused-ring (bicyclic) bond motifs is 1. The van der Waals surface area contributed by atoms with Crippen LogP contribution >= 0.6 is 0 Å². The molecule has 2 saturated heterocycles. The van der Waals surface area contributed by atoms with E-state index in [4.69, 9.17) is 0 Å². The molecule has 2 aliphatic rings. The average molecular weight is 308 g/mol. The maximum absolute atomic E-state index is 4.48. The van der Waals surface area contributed by atoms with Crippen molar-refractivity contribution in [3.8, 4) is 0 Å². The zero-order chi connectivity index (χ0) is 15.5. The van der Waals surface area contributed by atoms with Gasteiger partial charge in [0.15, 0.2) is 0 Å². The van der Waals surface area contributed by atoms with Crippen molar-refractivity contribution in [1.82, 2.24) is 14.9 Å². The fourth-order valence-corrected chi connectivity index (χ4v) is 4.18. The van der Waals surface area contributed by atoms with Gasteiger partial charge in [0.25, 0.3) is 0 Å². The van der Waals surface area contributed by atoms with E-state index < -0.39 is 0 Å². The lowest BCUT2D eigenvalue weighted by molar-refractivity contribution is 0.0700. The minimum absolute atomic E-state index is 0.719. The van der Waals surface area contributed by atoms with E-state index in [1.807, 2.05) is 6.20 Å². The molecule has 0 saturated carbocycles. The quantitative estimate of drug-likeness (QED) is 0.872. The molecule has 1 aromatic carbocycles. The summed E-state index contributed by atoms with van der Waals surface area (Å²) in [6, 6.07) is 11.6. The van der Waals surface area contributed by atoms with Gasteiger partial charge in [0.1, 0.15) is 5.82 Å². The van der Waals surface area contributed by atoms with Crippen LogP contribution in [-0.4, -0.2) is 40.5 Å². The molecule has 120 valence electrons. The van der Waals surface area contributed by atoms with E-state index in [1.54, 1.807) is 12.4 Å². The van der Waals surface area contributed by atoms with Crippen molar-refractivity contribution in [3.05, 3.63) is 54.5 Å². The molecule has 0 N–H and O–H groups in total. The summed E-state index contributed by atoms with van der Waals surface area (Å²) in [5, 5.41) is 0. The molecule has 0 amide bonds. The number of benzene rings is 1. The van der Waals surface area contributed by atoms with Gasteiger partial charge in [-0.1, -0.05) is 30.3 Å². The summed E-state index contributed by atoms with van der Waals surface area (Å²) in [7, 11) is 0. The number of aromatic nitrogens is 2. The number of nitrogens with zero attached hydrogens (tertiary/aromatic N) is 4. The van der Waals surface area contributed by atoms with Crippen molar-refractivity contribution in [1.29, 1.82) is 0 Å². The van der Waals surface area contributed by atoms with Crippen LogP contribution in [-0.2, 0) is 6.54 Å². The first-order valence-corrected chi connectivity index (χ1v) is 8.69. The Morgan fingerprint density at radius 1 is 1.04 bits per heavy atom. The van der Waals surface area contributed by atoms with Gasteiger partial charge in [-0.25, -0.2) is 4.98 Å². The molecule has 0 unspecified atom stereocenters. The first-order valence-electron chi connectivity index (χ1n) is 8.69. The SMILES string of the molecule is c1ccc(CN2CCC[C@H]3CN(c4cnccn4)CC[C@@H]32)cc1. The third-order valence-corrected chi connectivity index (χ3v) is 5.29. The summed E-state index contributed by atoms with van der Waals surface area (Å²) in [4.78, 5) is 13.8. The Kier molecular flexibility index (Phi) is 4.24. The van der Waals surface area contributed by atoms with Gasteiger partial charge in [-0.15, -0.1) is 0 Å². The predicted octanol–water partition coefficient (Wildman–Crippen LogP) is 2.97. The van der Waals surface area contributed by atoms with Crippen molar-refractivity contribution in [2.24, 2.45) is 5.92 Å². The highest BCUT2D eigenvalue weighted by Crippen LogP contribution is 2.32. The van der Waals surface area contributed by atoms with E-state index in [-0.39, 0.29) is 0 Å². The Morgan fingerprint density at radius 3 is 2.78 bits per heavy atom. The summed E-state index contributed by atoms with van der Waals surface area (Å²) in [6.45, 7) is 4.54. The lowest BCUT2D eigenvalue weighted by atomic mass is 9.83. The van der Waals surface area contributed by atoms with Crippen LogP contribution in [0.25, 0.3) is 0 Å². The molecule has 2 aromatic rings. The van der Waals surface area contributed by atoms with Gasteiger partial charge in [-0.3, -0.25) is 9.88 Å². The first kappa shape index (κ1) is 14.6. The van der Waals surface area contributed by atoms with Crippen LogP contribution in [0.3, 0.4) is 0 Å². The van der Waals surface area contributed by atoms with Crippen molar-refractivity contribution in [2.45, 2.75) is 31.8 Å². The number of piperidine rings is 2. The van der Waals surface area contributed by atoms with Gasteiger partial charge in [-0.05, 0) is 37.3 Å². The molecule has 4 nitrogen and oxygen atoms in total. The van der Waals surface area contributed by atoms with Crippen LogP contribution in [0, 0.1) is 5.92 Å². The number of anilines is 1. The monoisotopic (exact) mass is 308 g/mol. The fourth-order valence-electron chi connectivity index (χ4n) is 4.18. The molecular weight excluding hydrogens is 284 g/mol. The third kappa shape index (κ3) is 3.22. The second-order valence-electron chi connectivity index (χ2n) is 6.72. The molecule has 4 heteroatoms. The van der Waals surface area contributed by atoms with E-state index in [0.717, 1.165) is 37.4 Å². The molecule has 1 aromatic heterocycles.